The van der Waals surface area contributed by atoms with Crippen LogP contribution in [-0.2, 0) is 16.1 Å². The molecular weight excluding hydrogens is 176 g/mol. The normalized spacial score (nSPS) is 12.1. The molecule has 2 heteroatoms. The van der Waals surface area contributed by atoms with Crippen molar-refractivity contribution in [2.24, 2.45) is 0 Å². The van der Waals surface area contributed by atoms with Gasteiger partial charge in [-0.1, -0.05) is 36.9 Å². The third kappa shape index (κ3) is 3.15. The maximum Gasteiger partial charge on any atom is 0.183 e. The molecule has 1 atom stereocenters. The SMILES string of the molecule is C=CC(=O)[C@H](C)OCc1ccccc1. The summed E-state index contributed by atoms with van der Waals surface area (Å²) >= 11 is 0. The molecule has 0 radical (unpaired) electrons. The summed E-state index contributed by atoms with van der Waals surface area (Å²) < 4.78 is 5.36. The van der Waals surface area contributed by atoms with E-state index in [1.807, 2.05) is 30.3 Å². The average Bonchev–Trinajstić information content (AvgIpc) is 2.26. The molecule has 0 unspecified atom stereocenters. The van der Waals surface area contributed by atoms with E-state index in [0.29, 0.717) is 6.61 Å². The van der Waals surface area contributed by atoms with Gasteiger partial charge in [-0.15, -0.1) is 0 Å². The molecular formula is C12H14O2. The second-order valence-corrected chi connectivity index (χ2v) is 3.05. The Morgan fingerprint density at radius 2 is 2.14 bits per heavy atom. The predicted octanol–water partition coefficient (Wildman–Crippen LogP) is 2.35. The van der Waals surface area contributed by atoms with E-state index in [1.54, 1.807) is 6.92 Å². The van der Waals surface area contributed by atoms with Gasteiger partial charge in [-0.25, -0.2) is 0 Å². The van der Waals surface area contributed by atoms with Crippen molar-refractivity contribution in [2.45, 2.75) is 19.6 Å². The van der Waals surface area contributed by atoms with Crippen LogP contribution in [0.25, 0.3) is 0 Å². The Bertz CT molecular complexity index is 303. The smallest absolute Gasteiger partial charge is 0.183 e. The topological polar surface area (TPSA) is 26.3 Å². The van der Waals surface area contributed by atoms with Crippen LogP contribution in [0.1, 0.15) is 12.5 Å². The van der Waals surface area contributed by atoms with Crippen LogP contribution in [-0.4, -0.2) is 11.9 Å². The van der Waals surface area contributed by atoms with Crippen LogP contribution in [0.3, 0.4) is 0 Å². The minimum absolute atomic E-state index is 0.0825. The summed E-state index contributed by atoms with van der Waals surface area (Å²) in [5.41, 5.74) is 1.07. The van der Waals surface area contributed by atoms with Crippen molar-refractivity contribution in [1.82, 2.24) is 0 Å². The average molecular weight is 190 g/mol. The fourth-order valence-corrected chi connectivity index (χ4v) is 1.04. The lowest BCUT2D eigenvalue weighted by atomic mass is 10.2. The van der Waals surface area contributed by atoms with Crippen molar-refractivity contribution in [2.75, 3.05) is 0 Å². The van der Waals surface area contributed by atoms with Crippen molar-refractivity contribution in [3.05, 3.63) is 48.6 Å². The number of hydrogen-bond acceptors (Lipinski definition) is 2. The van der Waals surface area contributed by atoms with Gasteiger partial charge in [0, 0.05) is 0 Å². The molecule has 0 aliphatic rings. The highest BCUT2D eigenvalue weighted by Crippen LogP contribution is 2.03. The van der Waals surface area contributed by atoms with Gasteiger partial charge in [-0.3, -0.25) is 4.79 Å². The lowest BCUT2D eigenvalue weighted by Crippen LogP contribution is -2.18. The van der Waals surface area contributed by atoms with Gasteiger partial charge in [-0.05, 0) is 18.6 Å². The first-order chi connectivity index (χ1) is 6.74. The van der Waals surface area contributed by atoms with Gasteiger partial charge in [0.2, 0.25) is 0 Å². The van der Waals surface area contributed by atoms with E-state index in [-0.39, 0.29) is 5.78 Å². The van der Waals surface area contributed by atoms with Crippen molar-refractivity contribution < 1.29 is 9.53 Å². The van der Waals surface area contributed by atoms with Crippen molar-refractivity contribution in [3.63, 3.8) is 0 Å². The molecule has 0 aliphatic carbocycles. The van der Waals surface area contributed by atoms with Gasteiger partial charge in [0.1, 0.15) is 6.10 Å². The maximum atomic E-state index is 11.1. The third-order valence-corrected chi connectivity index (χ3v) is 1.94. The number of benzene rings is 1. The molecule has 74 valence electrons. The minimum atomic E-state index is -0.410. The second-order valence-electron chi connectivity index (χ2n) is 3.05. The monoisotopic (exact) mass is 190 g/mol. The Balaban J connectivity index is 2.41. The molecule has 1 rings (SSSR count). The van der Waals surface area contributed by atoms with Crippen molar-refractivity contribution >= 4 is 5.78 Å². The molecule has 0 amide bonds. The number of carbonyl (C=O) groups is 1. The summed E-state index contributed by atoms with van der Waals surface area (Å²) in [6.07, 6.45) is 0.878. The fourth-order valence-electron chi connectivity index (χ4n) is 1.04. The van der Waals surface area contributed by atoms with Gasteiger partial charge in [0.25, 0.3) is 0 Å². The van der Waals surface area contributed by atoms with Crippen LogP contribution in [0.2, 0.25) is 0 Å². The molecule has 0 aliphatic heterocycles. The first-order valence-electron chi connectivity index (χ1n) is 4.56. The molecule has 14 heavy (non-hydrogen) atoms. The lowest BCUT2D eigenvalue weighted by Gasteiger charge is -2.09. The van der Waals surface area contributed by atoms with E-state index in [2.05, 4.69) is 6.58 Å². The molecule has 0 heterocycles. The highest BCUT2D eigenvalue weighted by atomic mass is 16.5. The lowest BCUT2D eigenvalue weighted by molar-refractivity contribution is -0.125. The Hall–Kier alpha value is -1.41. The first-order valence-corrected chi connectivity index (χ1v) is 4.56. The Kier molecular flexibility index (Phi) is 4.08. The fraction of sp³-hybridized carbons (Fsp3) is 0.250. The number of hydrogen-bond donors (Lipinski definition) is 0. The maximum absolute atomic E-state index is 11.1. The largest absolute Gasteiger partial charge is 0.366 e. The van der Waals surface area contributed by atoms with Crippen LogP contribution in [0, 0.1) is 0 Å². The van der Waals surface area contributed by atoms with Crippen LogP contribution in [0.5, 0.6) is 0 Å². The zero-order valence-corrected chi connectivity index (χ0v) is 8.27. The molecule has 0 saturated carbocycles. The van der Waals surface area contributed by atoms with E-state index < -0.39 is 6.10 Å². The standard InChI is InChI=1S/C12H14O2/c1-3-12(13)10(2)14-9-11-7-5-4-6-8-11/h3-8,10H,1,9H2,2H3/t10-/m0/s1. The van der Waals surface area contributed by atoms with E-state index in [4.69, 9.17) is 4.74 Å². The molecule has 2 nitrogen and oxygen atoms in total. The molecule has 0 spiro atoms. The Morgan fingerprint density at radius 3 is 2.71 bits per heavy atom. The van der Waals surface area contributed by atoms with Gasteiger partial charge in [0.15, 0.2) is 5.78 Å². The molecule has 0 N–H and O–H groups in total. The number of ketones is 1. The molecule has 0 fully saturated rings. The summed E-state index contributed by atoms with van der Waals surface area (Å²) in [6, 6.07) is 9.76. The molecule has 1 aromatic carbocycles. The Labute approximate surface area is 84.2 Å². The zero-order chi connectivity index (χ0) is 10.4. The number of carbonyl (C=O) groups excluding carboxylic acids is 1. The molecule has 0 saturated heterocycles. The van der Waals surface area contributed by atoms with E-state index in [0.717, 1.165) is 5.56 Å². The Morgan fingerprint density at radius 1 is 1.50 bits per heavy atom. The summed E-state index contributed by atoms with van der Waals surface area (Å²) in [5.74, 6) is -0.0825. The predicted molar refractivity (Wildman–Crippen MR) is 55.9 cm³/mol. The summed E-state index contributed by atoms with van der Waals surface area (Å²) in [6.45, 7) is 5.60. The van der Waals surface area contributed by atoms with Crippen LogP contribution >= 0.6 is 0 Å². The molecule has 0 aromatic heterocycles. The van der Waals surface area contributed by atoms with Gasteiger partial charge in [0.05, 0.1) is 6.61 Å². The number of ether oxygens (including phenoxy) is 1. The summed E-state index contributed by atoms with van der Waals surface area (Å²) in [7, 11) is 0. The first kappa shape index (κ1) is 10.7. The highest BCUT2D eigenvalue weighted by Gasteiger charge is 2.08. The van der Waals surface area contributed by atoms with Crippen molar-refractivity contribution in [1.29, 1.82) is 0 Å². The van der Waals surface area contributed by atoms with E-state index in [9.17, 15) is 4.79 Å². The minimum Gasteiger partial charge on any atom is -0.366 e. The van der Waals surface area contributed by atoms with Crippen LogP contribution in [0.4, 0.5) is 0 Å². The van der Waals surface area contributed by atoms with E-state index >= 15 is 0 Å². The highest BCUT2D eigenvalue weighted by molar-refractivity contribution is 5.92. The second kappa shape index (κ2) is 5.35. The quantitative estimate of drug-likeness (QED) is 0.666. The summed E-state index contributed by atoms with van der Waals surface area (Å²) in [4.78, 5) is 11.1. The van der Waals surface area contributed by atoms with Gasteiger partial charge in [-0.2, -0.15) is 0 Å². The van der Waals surface area contributed by atoms with Gasteiger partial charge < -0.3 is 4.74 Å². The third-order valence-electron chi connectivity index (χ3n) is 1.94. The van der Waals surface area contributed by atoms with Crippen LogP contribution in [0.15, 0.2) is 43.0 Å². The van der Waals surface area contributed by atoms with Crippen LogP contribution < -0.4 is 0 Å². The van der Waals surface area contributed by atoms with Crippen molar-refractivity contribution in [3.8, 4) is 0 Å². The zero-order valence-electron chi connectivity index (χ0n) is 8.27. The number of rotatable bonds is 5. The summed E-state index contributed by atoms with van der Waals surface area (Å²) in [5, 5.41) is 0. The van der Waals surface area contributed by atoms with E-state index in [1.165, 1.54) is 6.08 Å². The molecule has 0 bridgehead atoms. The molecule has 1 aromatic rings. The van der Waals surface area contributed by atoms with Gasteiger partial charge >= 0.3 is 0 Å².